The smallest absolute Gasteiger partial charge is 0.360 e. The van der Waals surface area contributed by atoms with Gasteiger partial charge in [0.1, 0.15) is 5.30 Å². The first-order valence-corrected chi connectivity index (χ1v) is 6.94. The number of hydrogen-bond acceptors (Lipinski definition) is 4. The minimum absolute atomic E-state index is 0. The summed E-state index contributed by atoms with van der Waals surface area (Å²) in [5, 5.41) is 16.4. The Morgan fingerprint density at radius 2 is 1.28 bits per heavy atom. The second-order valence-corrected chi connectivity index (χ2v) is 6.10. The number of phenolic OH excluding ortho intramolecular Hbond substituents is 2. The van der Waals surface area contributed by atoms with Crippen molar-refractivity contribution in [1.82, 2.24) is 0 Å². The predicted octanol–water partition coefficient (Wildman–Crippen LogP) is -2.06. The van der Waals surface area contributed by atoms with Crippen LogP contribution < -0.4 is 10.6 Å². The van der Waals surface area contributed by atoms with Gasteiger partial charge in [-0.25, -0.2) is 0 Å². The average molecular weight is 316 g/mol. The molecule has 18 heavy (non-hydrogen) atoms. The zero-order chi connectivity index (χ0) is 12.7. The number of aromatic hydroxyl groups is 2. The summed E-state index contributed by atoms with van der Waals surface area (Å²) in [6.07, 6.45) is 0. The van der Waals surface area contributed by atoms with Crippen molar-refractivity contribution in [2.24, 2.45) is 0 Å². The maximum absolute atomic E-state index is 10.9. The molecule has 8 nitrogen and oxygen atoms in total. The maximum Gasteiger partial charge on any atom is 0.360 e. The van der Waals surface area contributed by atoms with E-state index >= 15 is 0 Å². The quantitative estimate of drug-likeness (QED) is 0.207. The van der Waals surface area contributed by atoms with Gasteiger partial charge in [0, 0.05) is 59.1 Å². The van der Waals surface area contributed by atoms with Gasteiger partial charge in [0.15, 0.2) is 11.5 Å². The Kier molecular flexibility index (Phi) is 8.59. The Labute approximate surface area is 146 Å². The molecule has 0 aliphatic rings. The molecule has 0 spiro atoms. The van der Waals surface area contributed by atoms with Gasteiger partial charge in [0.2, 0.25) is 0 Å². The molecule has 0 aromatic heterocycles. The molecule has 0 bridgehead atoms. The zero-order valence-electron chi connectivity index (χ0n) is 9.55. The van der Waals surface area contributed by atoms with Crippen molar-refractivity contribution >= 4 is 84.9 Å². The number of phenols is 2. The van der Waals surface area contributed by atoms with E-state index < -0.39 is 37.3 Å². The molecule has 0 atom stereocenters. The summed E-state index contributed by atoms with van der Waals surface area (Å²) in [5.41, 5.74) is 0. The van der Waals surface area contributed by atoms with E-state index in [9.17, 15) is 9.13 Å². The van der Waals surface area contributed by atoms with Crippen LogP contribution in [0.4, 0.5) is 0 Å². The van der Waals surface area contributed by atoms with Gasteiger partial charge in [-0.05, 0) is 12.1 Å². The van der Waals surface area contributed by atoms with Crippen LogP contribution in [0.5, 0.6) is 11.5 Å². The Balaban J connectivity index is 0. The third-order valence-electron chi connectivity index (χ3n) is 1.70. The Bertz CT molecular complexity index is 521. The molecule has 0 saturated carbocycles. The molecule has 92 valence electrons. The number of rotatable bonds is 2. The first-order chi connectivity index (χ1) is 7.03. The molecular weight excluding hydrogens is 308 g/mol. The average Bonchev–Trinajstić information content (AvgIpc) is 2.05. The van der Waals surface area contributed by atoms with E-state index in [1.54, 1.807) is 0 Å². The fourth-order valence-electron chi connectivity index (χ4n) is 0.980. The number of benzene rings is 1. The summed E-state index contributed by atoms with van der Waals surface area (Å²) in [5.74, 6) is -2.12. The monoisotopic (exact) mass is 316 g/mol. The van der Waals surface area contributed by atoms with E-state index in [2.05, 4.69) is 0 Å². The molecule has 1 aromatic rings. The minimum Gasteiger partial charge on any atom is -0.504 e. The summed E-state index contributed by atoms with van der Waals surface area (Å²) in [6, 6.07) is 0.992. The van der Waals surface area contributed by atoms with E-state index in [-0.39, 0.29) is 59.1 Å². The van der Waals surface area contributed by atoms with Gasteiger partial charge in [-0.1, -0.05) is 0 Å². The van der Waals surface area contributed by atoms with Crippen LogP contribution >= 0.6 is 15.2 Å². The largest absolute Gasteiger partial charge is 0.504 e. The fourth-order valence-corrected chi connectivity index (χ4v) is 2.37. The minimum atomic E-state index is -4.93. The molecule has 0 saturated heterocycles. The molecule has 12 heteroatoms. The zero-order valence-corrected chi connectivity index (χ0v) is 15.3. The SMILES string of the molecule is O=P(O)(O)c1cc(O)c(O)c(P(=O)(O)O)c1.[Na].[Na]. The molecule has 0 aliphatic carbocycles. The van der Waals surface area contributed by atoms with Gasteiger partial charge in [0.05, 0.1) is 5.30 Å². The van der Waals surface area contributed by atoms with Crippen LogP contribution in [0.2, 0.25) is 0 Å². The third kappa shape index (κ3) is 5.25. The van der Waals surface area contributed by atoms with Gasteiger partial charge in [-0.3, -0.25) is 9.13 Å². The Hall–Kier alpha value is 1.12. The Morgan fingerprint density at radius 1 is 0.833 bits per heavy atom. The fraction of sp³-hybridized carbons (Fsp3) is 0. The molecular formula is C6H8Na2O8P2. The molecule has 0 aliphatic heterocycles. The third-order valence-corrected chi connectivity index (χ3v) is 3.60. The summed E-state index contributed by atoms with van der Waals surface area (Å²) in [7, 11) is -9.71. The van der Waals surface area contributed by atoms with E-state index in [4.69, 9.17) is 29.8 Å². The Morgan fingerprint density at radius 3 is 1.61 bits per heavy atom. The van der Waals surface area contributed by atoms with Crippen LogP contribution in [0.1, 0.15) is 0 Å². The first kappa shape index (κ1) is 21.4. The van der Waals surface area contributed by atoms with Crippen molar-refractivity contribution in [1.29, 1.82) is 0 Å². The molecule has 6 N–H and O–H groups in total. The van der Waals surface area contributed by atoms with E-state index in [0.29, 0.717) is 12.1 Å². The molecule has 2 radical (unpaired) electrons. The number of hydrogen-bond donors (Lipinski definition) is 6. The van der Waals surface area contributed by atoms with Crippen LogP contribution in [0, 0.1) is 0 Å². The van der Waals surface area contributed by atoms with Crippen LogP contribution in [-0.4, -0.2) is 88.9 Å². The van der Waals surface area contributed by atoms with Gasteiger partial charge in [-0.2, -0.15) is 0 Å². The summed E-state index contributed by atoms with van der Waals surface area (Å²) in [6.45, 7) is 0. The molecule has 1 aromatic carbocycles. The molecule has 0 heterocycles. The van der Waals surface area contributed by atoms with Crippen molar-refractivity contribution in [2.45, 2.75) is 0 Å². The van der Waals surface area contributed by atoms with Crippen LogP contribution in [0.25, 0.3) is 0 Å². The van der Waals surface area contributed by atoms with Gasteiger partial charge < -0.3 is 29.8 Å². The van der Waals surface area contributed by atoms with Crippen molar-refractivity contribution in [2.75, 3.05) is 0 Å². The summed E-state index contributed by atoms with van der Waals surface area (Å²) < 4.78 is 21.7. The van der Waals surface area contributed by atoms with Gasteiger partial charge in [0.25, 0.3) is 0 Å². The van der Waals surface area contributed by atoms with Crippen LogP contribution in [0.15, 0.2) is 12.1 Å². The van der Waals surface area contributed by atoms with E-state index in [1.165, 1.54) is 0 Å². The standard InChI is InChI=1S/C6H8O8P2.2Na/c7-4-1-3(15(9,10)11)2-5(6(4)8)16(12,13)14;;/h1-2,7-8H,(H2,9,10,11)(H2,12,13,14);;. The second-order valence-electron chi connectivity index (χ2n) is 2.92. The second kappa shape index (κ2) is 7.22. The van der Waals surface area contributed by atoms with Crippen molar-refractivity contribution in [3.63, 3.8) is 0 Å². The van der Waals surface area contributed by atoms with Crippen molar-refractivity contribution in [3.8, 4) is 11.5 Å². The van der Waals surface area contributed by atoms with Crippen molar-refractivity contribution in [3.05, 3.63) is 12.1 Å². The summed E-state index contributed by atoms with van der Waals surface area (Å²) in [4.78, 5) is 35.1. The van der Waals surface area contributed by atoms with Crippen LogP contribution in [0.3, 0.4) is 0 Å². The van der Waals surface area contributed by atoms with E-state index in [0.717, 1.165) is 0 Å². The first-order valence-electron chi connectivity index (χ1n) is 3.71. The predicted molar refractivity (Wildman–Crippen MR) is 64.6 cm³/mol. The van der Waals surface area contributed by atoms with Gasteiger partial charge in [-0.15, -0.1) is 0 Å². The topological polar surface area (TPSA) is 156 Å². The maximum atomic E-state index is 10.9. The van der Waals surface area contributed by atoms with E-state index in [1.807, 2.05) is 0 Å². The van der Waals surface area contributed by atoms with Crippen LogP contribution in [-0.2, 0) is 9.13 Å². The van der Waals surface area contributed by atoms with Gasteiger partial charge >= 0.3 is 15.2 Å². The molecule has 1 rings (SSSR count). The molecule has 0 fully saturated rings. The summed E-state index contributed by atoms with van der Waals surface area (Å²) >= 11 is 0. The van der Waals surface area contributed by atoms with Crippen molar-refractivity contribution < 1.29 is 38.9 Å². The molecule has 0 unspecified atom stereocenters. The molecule has 0 amide bonds. The normalized spacial score (nSPS) is 11.3.